The van der Waals surface area contributed by atoms with Gasteiger partial charge in [-0.05, 0) is 41.3 Å². The summed E-state index contributed by atoms with van der Waals surface area (Å²) in [5.41, 5.74) is 2.06. The quantitative estimate of drug-likeness (QED) is 0.666. The molecule has 1 aliphatic rings. The smallest absolute Gasteiger partial charge is 0.227 e. The zero-order valence-corrected chi connectivity index (χ0v) is 12.4. The second kappa shape index (κ2) is 5.25. The molecule has 1 aromatic carbocycles. The summed E-state index contributed by atoms with van der Waals surface area (Å²) in [5.74, 6) is -0.981. The van der Waals surface area contributed by atoms with Gasteiger partial charge in [-0.15, -0.1) is 0 Å². The number of nitrogens with one attached hydrogen (secondary N) is 1. The second-order valence-corrected chi connectivity index (χ2v) is 6.16. The summed E-state index contributed by atoms with van der Waals surface area (Å²) in [6.07, 6.45) is 2.78. The highest BCUT2D eigenvalue weighted by atomic mass is 35.5. The number of allylic oxidation sites excluding steroid dienone is 3. The zero-order chi connectivity index (χ0) is 14.9. The van der Waals surface area contributed by atoms with Crippen LogP contribution in [0.15, 0.2) is 47.7 Å². The molecule has 0 unspecified atom stereocenters. The molecule has 0 spiro atoms. The third kappa shape index (κ3) is 3.17. The van der Waals surface area contributed by atoms with Crippen LogP contribution in [0.2, 0.25) is 5.02 Å². The molecule has 1 N–H and O–H groups in total. The molecule has 1 aromatic rings. The largest absolute Gasteiger partial charge is 0.355 e. The Morgan fingerprint density at radius 3 is 2.05 bits per heavy atom. The molecule has 0 heterocycles. The van der Waals surface area contributed by atoms with Crippen molar-refractivity contribution in [2.45, 2.75) is 20.8 Å². The van der Waals surface area contributed by atoms with Crippen molar-refractivity contribution in [3.8, 4) is 0 Å². The number of halogens is 1. The maximum absolute atomic E-state index is 11.6. The van der Waals surface area contributed by atoms with Crippen molar-refractivity contribution in [3.05, 3.63) is 52.7 Å². The van der Waals surface area contributed by atoms with Gasteiger partial charge < -0.3 is 5.32 Å². The van der Waals surface area contributed by atoms with E-state index in [9.17, 15) is 9.59 Å². The number of rotatable bonds is 2. The number of ketones is 2. The highest BCUT2D eigenvalue weighted by Gasteiger charge is 2.28. The first-order valence-electron chi connectivity index (χ1n) is 6.32. The minimum atomic E-state index is -0.505. The molecule has 0 fully saturated rings. The highest BCUT2D eigenvalue weighted by molar-refractivity contribution is 6.47. The first-order chi connectivity index (χ1) is 9.27. The fourth-order valence-corrected chi connectivity index (χ4v) is 2.10. The number of hydrogen-bond donors (Lipinski definition) is 1. The molecule has 0 aliphatic heterocycles. The first-order valence-corrected chi connectivity index (χ1v) is 6.70. The minimum absolute atomic E-state index is 0.235. The van der Waals surface area contributed by atoms with Gasteiger partial charge in [0.1, 0.15) is 0 Å². The monoisotopic (exact) mass is 289 g/mol. The summed E-state index contributed by atoms with van der Waals surface area (Å²) < 4.78 is 0. The van der Waals surface area contributed by atoms with Crippen molar-refractivity contribution in [3.63, 3.8) is 0 Å². The Kier molecular flexibility index (Phi) is 3.82. The van der Waals surface area contributed by atoms with E-state index in [1.54, 1.807) is 12.1 Å². The molecule has 0 atom stereocenters. The summed E-state index contributed by atoms with van der Waals surface area (Å²) in [7, 11) is 0. The Labute approximate surface area is 123 Å². The van der Waals surface area contributed by atoms with Gasteiger partial charge in [0.2, 0.25) is 11.6 Å². The van der Waals surface area contributed by atoms with Crippen LogP contribution in [0.3, 0.4) is 0 Å². The predicted octanol–water partition coefficient (Wildman–Crippen LogP) is 3.76. The lowest BCUT2D eigenvalue weighted by molar-refractivity contribution is -0.131. The maximum Gasteiger partial charge on any atom is 0.227 e. The highest BCUT2D eigenvalue weighted by Crippen LogP contribution is 2.33. The van der Waals surface area contributed by atoms with Crippen LogP contribution < -0.4 is 5.32 Å². The standard InChI is InChI=1S/C16H16ClNO2/c1-16(2,3)12-8-14(19)15(20)9-13(12)18-11-6-4-10(17)5-7-11/h4-9,18H,1-3H3. The van der Waals surface area contributed by atoms with Crippen LogP contribution in [-0.2, 0) is 9.59 Å². The van der Waals surface area contributed by atoms with E-state index in [1.165, 1.54) is 12.2 Å². The van der Waals surface area contributed by atoms with Gasteiger partial charge in [0.05, 0.1) is 0 Å². The Balaban J connectivity index is 2.35. The van der Waals surface area contributed by atoms with Gasteiger partial charge in [-0.2, -0.15) is 0 Å². The molecule has 104 valence electrons. The van der Waals surface area contributed by atoms with E-state index >= 15 is 0 Å². The van der Waals surface area contributed by atoms with Crippen LogP contribution in [0.5, 0.6) is 0 Å². The van der Waals surface area contributed by atoms with E-state index in [0.29, 0.717) is 10.7 Å². The summed E-state index contributed by atoms with van der Waals surface area (Å²) in [5, 5.41) is 3.82. The zero-order valence-electron chi connectivity index (χ0n) is 11.7. The average Bonchev–Trinajstić information content (AvgIpc) is 2.35. The topological polar surface area (TPSA) is 46.2 Å². The van der Waals surface area contributed by atoms with Crippen LogP contribution in [0, 0.1) is 5.41 Å². The van der Waals surface area contributed by atoms with Gasteiger partial charge in [0.25, 0.3) is 0 Å². The van der Waals surface area contributed by atoms with Crippen LogP contribution in [0.4, 0.5) is 5.69 Å². The van der Waals surface area contributed by atoms with E-state index < -0.39 is 11.6 Å². The molecule has 0 saturated carbocycles. The Morgan fingerprint density at radius 2 is 1.50 bits per heavy atom. The van der Waals surface area contributed by atoms with Gasteiger partial charge in [-0.3, -0.25) is 9.59 Å². The van der Waals surface area contributed by atoms with Crippen molar-refractivity contribution < 1.29 is 9.59 Å². The lowest BCUT2D eigenvalue weighted by atomic mass is 9.81. The van der Waals surface area contributed by atoms with E-state index in [1.807, 2.05) is 32.9 Å². The Hall–Kier alpha value is -1.87. The summed E-state index contributed by atoms with van der Waals surface area (Å²) in [4.78, 5) is 23.2. The molecule has 4 heteroatoms. The van der Waals surface area contributed by atoms with Crippen LogP contribution in [0.1, 0.15) is 20.8 Å². The number of carbonyl (C=O) groups excluding carboxylic acids is 2. The lowest BCUT2D eigenvalue weighted by Gasteiger charge is -2.27. The molecule has 0 aromatic heterocycles. The predicted molar refractivity (Wildman–Crippen MR) is 80.7 cm³/mol. The molecule has 0 bridgehead atoms. The molecule has 0 amide bonds. The molecule has 1 aliphatic carbocycles. The van der Waals surface area contributed by atoms with Gasteiger partial charge in [-0.1, -0.05) is 32.4 Å². The van der Waals surface area contributed by atoms with Crippen LogP contribution >= 0.6 is 11.6 Å². The van der Waals surface area contributed by atoms with Crippen molar-refractivity contribution in [1.29, 1.82) is 0 Å². The molecule has 2 rings (SSSR count). The lowest BCUT2D eigenvalue weighted by Crippen LogP contribution is -2.24. The summed E-state index contributed by atoms with van der Waals surface area (Å²) in [6, 6.07) is 7.18. The number of anilines is 1. The summed E-state index contributed by atoms with van der Waals surface area (Å²) in [6.45, 7) is 6.00. The Bertz CT molecular complexity index is 619. The van der Waals surface area contributed by atoms with E-state index in [4.69, 9.17) is 11.6 Å². The third-order valence-corrected chi connectivity index (χ3v) is 3.27. The van der Waals surface area contributed by atoms with Crippen LogP contribution in [-0.4, -0.2) is 11.6 Å². The normalized spacial score (nSPS) is 15.8. The van der Waals surface area contributed by atoms with Gasteiger partial charge in [-0.25, -0.2) is 0 Å². The molecule has 0 saturated heterocycles. The molecule has 20 heavy (non-hydrogen) atoms. The van der Waals surface area contributed by atoms with Crippen molar-refractivity contribution in [2.24, 2.45) is 5.41 Å². The Morgan fingerprint density at radius 1 is 0.950 bits per heavy atom. The molecular weight excluding hydrogens is 274 g/mol. The van der Waals surface area contributed by atoms with Crippen LogP contribution in [0.25, 0.3) is 0 Å². The average molecular weight is 290 g/mol. The van der Waals surface area contributed by atoms with Gasteiger partial charge >= 0.3 is 0 Å². The fraction of sp³-hybridized carbons (Fsp3) is 0.250. The second-order valence-electron chi connectivity index (χ2n) is 5.73. The number of carbonyl (C=O) groups is 2. The molecule has 0 radical (unpaired) electrons. The van der Waals surface area contributed by atoms with Crippen molar-refractivity contribution >= 4 is 28.9 Å². The van der Waals surface area contributed by atoms with Crippen molar-refractivity contribution in [1.82, 2.24) is 0 Å². The van der Waals surface area contributed by atoms with Gasteiger partial charge in [0, 0.05) is 22.5 Å². The molecule has 3 nitrogen and oxygen atoms in total. The van der Waals surface area contributed by atoms with E-state index in [0.717, 1.165) is 11.3 Å². The number of benzene rings is 1. The minimum Gasteiger partial charge on any atom is -0.355 e. The van der Waals surface area contributed by atoms with Gasteiger partial charge in [0.15, 0.2) is 0 Å². The number of hydrogen-bond acceptors (Lipinski definition) is 3. The third-order valence-electron chi connectivity index (χ3n) is 3.02. The first kappa shape index (κ1) is 14.5. The molecular formula is C16H16ClNO2. The van der Waals surface area contributed by atoms with E-state index in [-0.39, 0.29) is 5.41 Å². The summed E-state index contributed by atoms with van der Waals surface area (Å²) >= 11 is 5.85. The van der Waals surface area contributed by atoms with Crippen molar-refractivity contribution in [2.75, 3.05) is 5.32 Å². The maximum atomic E-state index is 11.6. The SMILES string of the molecule is CC(C)(C)C1=CC(=O)C(=O)C=C1Nc1ccc(Cl)cc1. The fourth-order valence-electron chi connectivity index (χ4n) is 1.97. The van der Waals surface area contributed by atoms with E-state index in [2.05, 4.69) is 5.32 Å².